The van der Waals surface area contributed by atoms with Gasteiger partial charge in [0.1, 0.15) is 11.6 Å². The van der Waals surface area contributed by atoms with Gasteiger partial charge in [-0.2, -0.15) is 0 Å². The molecule has 1 atom stereocenters. The van der Waals surface area contributed by atoms with Crippen LogP contribution >= 0.6 is 0 Å². The number of piperidine rings is 1. The van der Waals surface area contributed by atoms with Gasteiger partial charge in [-0.1, -0.05) is 6.07 Å². The minimum atomic E-state index is 0.397. The third kappa shape index (κ3) is 4.80. The lowest BCUT2D eigenvalue weighted by Gasteiger charge is -2.34. The summed E-state index contributed by atoms with van der Waals surface area (Å²) in [4.78, 5) is 23.9. The van der Waals surface area contributed by atoms with Crippen LogP contribution in [0.25, 0.3) is 0 Å². The minimum Gasteiger partial charge on any atom is -0.356 e. The average Bonchev–Trinajstić information content (AvgIpc) is 2.84. The van der Waals surface area contributed by atoms with Crippen LogP contribution in [0.4, 0.5) is 5.82 Å². The number of fused-ring (bicyclic) bond motifs is 1. The highest BCUT2D eigenvalue weighted by molar-refractivity contribution is 5.51. The molecule has 5 heterocycles. The Bertz CT molecular complexity index is 1020. The van der Waals surface area contributed by atoms with Gasteiger partial charge in [0, 0.05) is 74.1 Å². The van der Waals surface area contributed by atoms with Crippen molar-refractivity contribution in [2.75, 3.05) is 31.1 Å². The van der Waals surface area contributed by atoms with Crippen molar-refractivity contribution in [2.24, 2.45) is 0 Å². The van der Waals surface area contributed by atoms with Crippen LogP contribution in [-0.2, 0) is 19.4 Å². The van der Waals surface area contributed by atoms with Gasteiger partial charge in [-0.25, -0.2) is 9.97 Å². The lowest BCUT2D eigenvalue weighted by atomic mass is 9.95. The van der Waals surface area contributed by atoms with Crippen LogP contribution in [0.5, 0.6) is 0 Å². The van der Waals surface area contributed by atoms with E-state index in [1.165, 1.54) is 41.9 Å². The second-order valence-corrected chi connectivity index (χ2v) is 9.06. The highest BCUT2D eigenvalue weighted by Crippen LogP contribution is 2.32. The molecule has 3 aromatic rings. The minimum absolute atomic E-state index is 0.397. The van der Waals surface area contributed by atoms with Crippen molar-refractivity contribution < 1.29 is 0 Å². The number of aryl methyl sites for hydroxylation is 1. The van der Waals surface area contributed by atoms with Crippen molar-refractivity contribution in [1.82, 2.24) is 24.8 Å². The first kappa shape index (κ1) is 21.0. The van der Waals surface area contributed by atoms with Crippen LogP contribution in [0.1, 0.15) is 53.5 Å². The molecule has 1 unspecified atom stereocenters. The molecular weight excluding hydrogens is 396 g/mol. The molecule has 2 aliphatic rings. The normalized spacial score (nSPS) is 19.0. The zero-order valence-electron chi connectivity index (χ0n) is 19.0. The van der Waals surface area contributed by atoms with Gasteiger partial charge in [-0.3, -0.25) is 14.9 Å². The summed E-state index contributed by atoms with van der Waals surface area (Å²) in [5.74, 6) is 2.60. The van der Waals surface area contributed by atoms with Gasteiger partial charge in [-0.15, -0.1) is 0 Å². The van der Waals surface area contributed by atoms with Crippen LogP contribution in [0, 0.1) is 6.92 Å². The fourth-order valence-electron chi connectivity index (χ4n) is 5.06. The van der Waals surface area contributed by atoms with Crippen LogP contribution in [0.15, 0.2) is 48.9 Å². The van der Waals surface area contributed by atoms with E-state index in [4.69, 9.17) is 9.97 Å². The Morgan fingerprint density at radius 3 is 2.75 bits per heavy atom. The van der Waals surface area contributed by atoms with Gasteiger partial charge in [-0.05, 0) is 69.0 Å². The molecule has 3 aromatic heterocycles. The van der Waals surface area contributed by atoms with E-state index >= 15 is 0 Å². The van der Waals surface area contributed by atoms with E-state index in [2.05, 4.69) is 51.0 Å². The Labute approximate surface area is 190 Å². The molecule has 0 spiro atoms. The third-order valence-corrected chi connectivity index (χ3v) is 6.75. The van der Waals surface area contributed by atoms with E-state index < -0.39 is 0 Å². The van der Waals surface area contributed by atoms with E-state index in [0.29, 0.717) is 5.92 Å². The number of anilines is 1. The maximum atomic E-state index is 5.19. The third-order valence-electron chi connectivity index (χ3n) is 6.75. The van der Waals surface area contributed by atoms with Gasteiger partial charge < -0.3 is 4.90 Å². The number of nitrogens with zero attached hydrogens (tertiary/aromatic N) is 6. The molecule has 6 nitrogen and oxygen atoms in total. The van der Waals surface area contributed by atoms with Crippen LogP contribution in [0.2, 0.25) is 0 Å². The first-order valence-corrected chi connectivity index (χ1v) is 11.9. The molecule has 1 fully saturated rings. The average molecular weight is 429 g/mol. The molecule has 0 bridgehead atoms. The summed E-state index contributed by atoms with van der Waals surface area (Å²) in [6.45, 7) is 7.32. The maximum Gasteiger partial charge on any atom is 0.135 e. The SMILES string of the molecule is Cc1nc(C2CCCN(Cc3ccncc3)C2)nc2c1CCCN2CCc1ccccn1. The van der Waals surface area contributed by atoms with Crippen molar-refractivity contribution in [1.29, 1.82) is 0 Å². The van der Waals surface area contributed by atoms with Crippen molar-refractivity contribution in [2.45, 2.75) is 51.5 Å². The van der Waals surface area contributed by atoms with Crippen molar-refractivity contribution in [3.8, 4) is 0 Å². The summed E-state index contributed by atoms with van der Waals surface area (Å²) < 4.78 is 0. The number of likely N-dealkylation sites (tertiary alicyclic amines) is 1. The largest absolute Gasteiger partial charge is 0.356 e. The van der Waals surface area contributed by atoms with Gasteiger partial charge in [0.05, 0.1) is 0 Å². The van der Waals surface area contributed by atoms with Gasteiger partial charge >= 0.3 is 0 Å². The predicted octanol–water partition coefficient (Wildman–Crippen LogP) is 3.95. The molecule has 0 saturated carbocycles. The molecule has 2 aliphatic heterocycles. The summed E-state index contributed by atoms with van der Waals surface area (Å²) in [5.41, 5.74) is 4.97. The van der Waals surface area contributed by atoms with Crippen LogP contribution in [0.3, 0.4) is 0 Å². The fourth-order valence-corrected chi connectivity index (χ4v) is 5.06. The molecular formula is C26H32N6. The molecule has 5 rings (SSSR count). The number of pyridine rings is 2. The van der Waals surface area contributed by atoms with Crippen LogP contribution in [-0.4, -0.2) is 51.0 Å². The molecule has 0 radical (unpaired) electrons. The molecule has 0 amide bonds. The first-order chi connectivity index (χ1) is 15.8. The van der Waals surface area contributed by atoms with Gasteiger partial charge in [0.15, 0.2) is 0 Å². The Hall–Kier alpha value is -2.86. The molecule has 0 aliphatic carbocycles. The van der Waals surface area contributed by atoms with Crippen molar-refractivity contribution in [3.63, 3.8) is 0 Å². The van der Waals surface area contributed by atoms with E-state index in [1.54, 1.807) is 0 Å². The topological polar surface area (TPSA) is 58.0 Å². The summed E-state index contributed by atoms with van der Waals surface area (Å²) in [6.07, 6.45) is 11.2. The molecule has 0 aromatic carbocycles. The number of rotatable bonds is 6. The smallest absolute Gasteiger partial charge is 0.135 e. The Morgan fingerprint density at radius 1 is 1.00 bits per heavy atom. The van der Waals surface area contributed by atoms with E-state index in [1.807, 2.05) is 24.7 Å². The maximum absolute atomic E-state index is 5.19. The summed E-state index contributed by atoms with van der Waals surface area (Å²) >= 11 is 0. The lowest BCUT2D eigenvalue weighted by Crippen LogP contribution is -2.36. The zero-order chi connectivity index (χ0) is 21.8. The Kier molecular flexibility index (Phi) is 6.39. The summed E-state index contributed by atoms with van der Waals surface area (Å²) in [7, 11) is 0. The van der Waals surface area contributed by atoms with E-state index in [0.717, 1.165) is 57.1 Å². The second kappa shape index (κ2) is 9.74. The number of aromatic nitrogens is 4. The standard InChI is InChI=1S/C26H32N6/c1-20-24-8-5-16-32(17-11-23-7-2-3-12-28-23)26(24)30-25(29-20)22-6-4-15-31(19-22)18-21-9-13-27-14-10-21/h2-3,7,9-10,12-14,22H,4-6,8,11,15-19H2,1H3. The lowest BCUT2D eigenvalue weighted by molar-refractivity contribution is 0.196. The Balaban J connectivity index is 1.33. The quantitative estimate of drug-likeness (QED) is 0.593. The molecule has 0 N–H and O–H groups in total. The first-order valence-electron chi connectivity index (χ1n) is 11.9. The van der Waals surface area contributed by atoms with Crippen molar-refractivity contribution >= 4 is 5.82 Å². The molecule has 32 heavy (non-hydrogen) atoms. The van der Waals surface area contributed by atoms with Crippen LogP contribution < -0.4 is 4.90 Å². The fraction of sp³-hybridized carbons (Fsp3) is 0.462. The highest BCUT2D eigenvalue weighted by Gasteiger charge is 2.27. The highest BCUT2D eigenvalue weighted by atomic mass is 15.2. The second-order valence-electron chi connectivity index (χ2n) is 9.06. The van der Waals surface area contributed by atoms with E-state index in [9.17, 15) is 0 Å². The molecule has 166 valence electrons. The number of hydrogen-bond donors (Lipinski definition) is 0. The van der Waals surface area contributed by atoms with Gasteiger partial charge in [0.2, 0.25) is 0 Å². The predicted molar refractivity (Wildman–Crippen MR) is 127 cm³/mol. The van der Waals surface area contributed by atoms with Crippen molar-refractivity contribution in [3.05, 3.63) is 77.3 Å². The van der Waals surface area contributed by atoms with Gasteiger partial charge in [0.25, 0.3) is 0 Å². The number of hydrogen-bond acceptors (Lipinski definition) is 6. The summed E-state index contributed by atoms with van der Waals surface area (Å²) in [5, 5.41) is 0. The Morgan fingerprint density at radius 2 is 1.91 bits per heavy atom. The molecule has 6 heteroatoms. The zero-order valence-corrected chi connectivity index (χ0v) is 19.0. The molecule has 1 saturated heterocycles. The summed E-state index contributed by atoms with van der Waals surface area (Å²) in [6, 6.07) is 10.4. The van der Waals surface area contributed by atoms with E-state index in [-0.39, 0.29) is 0 Å². The monoisotopic (exact) mass is 428 g/mol.